The summed E-state index contributed by atoms with van der Waals surface area (Å²) in [5.74, 6) is -1.73. The van der Waals surface area contributed by atoms with E-state index in [9.17, 15) is 14.7 Å². The van der Waals surface area contributed by atoms with Gasteiger partial charge in [0.05, 0.1) is 11.6 Å². The van der Waals surface area contributed by atoms with E-state index in [0.717, 1.165) is 21.0 Å². The predicted molar refractivity (Wildman–Crippen MR) is 128 cm³/mol. The van der Waals surface area contributed by atoms with Crippen LogP contribution in [0.25, 0.3) is 11.0 Å². The molecule has 1 unspecified atom stereocenters. The highest BCUT2D eigenvalue weighted by Gasteiger charge is 2.45. The summed E-state index contributed by atoms with van der Waals surface area (Å²) in [6.45, 7) is 3.87. The van der Waals surface area contributed by atoms with Gasteiger partial charge >= 0.3 is 0 Å². The van der Waals surface area contributed by atoms with Crippen LogP contribution < -0.4 is 4.90 Å². The van der Waals surface area contributed by atoms with Gasteiger partial charge in [0.1, 0.15) is 5.58 Å². The molecule has 3 heterocycles. The molecule has 0 fully saturated rings. The first-order valence-corrected chi connectivity index (χ1v) is 11.1. The number of amides is 1. The van der Waals surface area contributed by atoms with Crippen molar-refractivity contribution < 1.29 is 19.1 Å². The molecule has 0 spiro atoms. The molecule has 0 radical (unpaired) electrons. The second kappa shape index (κ2) is 8.01. The highest BCUT2D eigenvalue weighted by atomic mass is 79.9. The number of hydrogen-bond donors (Lipinski definition) is 1. The maximum absolute atomic E-state index is 13.6. The number of Topliss-reactive ketones (excluding diaryl/α,β-unsaturated/α-hetero) is 1. The van der Waals surface area contributed by atoms with E-state index in [-0.39, 0.29) is 11.3 Å². The van der Waals surface area contributed by atoms with Crippen molar-refractivity contribution in [2.45, 2.75) is 19.9 Å². The van der Waals surface area contributed by atoms with E-state index in [1.807, 2.05) is 44.2 Å². The Morgan fingerprint density at radius 2 is 1.85 bits per heavy atom. The highest BCUT2D eigenvalue weighted by molar-refractivity contribution is 9.10. The summed E-state index contributed by atoms with van der Waals surface area (Å²) in [6.07, 6.45) is 3.21. The van der Waals surface area contributed by atoms with Gasteiger partial charge in [-0.1, -0.05) is 28.1 Å². The Morgan fingerprint density at radius 1 is 1.09 bits per heavy atom. The molecule has 1 atom stereocenters. The number of nitrogens with zero attached hydrogens (tertiary/aromatic N) is 2. The molecule has 2 aromatic carbocycles. The molecule has 33 heavy (non-hydrogen) atoms. The van der Waals surface area contributed by atoms with Gasteiger partial charge in [0, 0.05) is 27.9 Å². The van der Waals surface area contributed by atoms with Crippen LogP contribution in [0, 0.1) is 13.8 Å². The number of ketones is 1. The number of hydrogen-bond acceptors (Lipinski definition) is 5. The minimum atomic E-state index is -0.847. The lowest BCUT2D eigenvalue weighted by Crippen LogP contribution is -2.31. The van der Waals surface area contributed by atoms with Crippen LogP contribution in [0.1, 0.15) is 33.3 Å². The van der Waals surface area contributed by atoms with E-state index in [0.29, 0.717) is 16.8 Å². The predicted octanol–water partition coefficient (Wildman–Crippen LogP) is 5.99. The van der Waals surface area contributed by atoms with E-state index in [4.69, 9.17) is 4.42 Å². The van der Waals surface area contributed by atoms with Gasteiger partial charge in [-0.05, 0) is 73.0 Å². The number of fused-ring (bicyclic) bond motifs is 1. The Bertz CT molecular complexity index is 1440. The van der Waals surface area contributed by atoms with Crippen LogP contribution in [0.5, 0.6) is 0 Å². The molecular formula is C26H19BrN2O4. The number of aliphatic hydroxyl groups is 1. The molecule has 7 heteroatoms. The molecular weight excluding hydrogens is 484 g/mol. The van der Waals surface area contributed by atoms with Crippen LogP contribution in [0.2, 0.25) is 0 Å². The van der Waals surface area contributed by atoms with Gasteiger partial charge in [-0.25, -0.2) is 0 Å². The number of rotatable bonds is 4. The molecule has 1 aliphatic rings. The summed E-state index contributed by atoms with van der Waals surface area (Å²) >= 11 is 3.41. The third-order valence-corrected chi connectivity index (χ3v) is 6.13. The van der Waals surface area contributed by atoms with Crippen molar-refractivity contribution in [3.8, 4) is 0 Å². The molecule has 0 bridgehead atoms. The number of aromatic nitrogens is 1. The average Bonchev–Trinajstić information content (AvgIpc) is 3.32. The van der Waals surface area contributed by atoms with Crippen LogP contribution in [-0.4, -0.2) is 21.8 Å². The monoisotopic (exact) mass is 502 g/mol. The van der Waals surface area contributed by atoms with Crippen molar-refractivity contribution in [3.63, 3.8) is 0 Å². The summed E-state index contributed by atoms with van der Waals surface area (Å²) < 4.78 is 6.63. The SMILES string of the molecule is Cc1cc(C)cc(N2C(=O)C(O)=C(C(=O)c3cc4cc(Br)ccc4o3)C2c2cccnc2)c1. The molecule has 1 N–H and O–H groups in total. The maximum atomic E-state index is 13.6. The first-order valence-electron chi connectivity index (χ1n) is 10.3. The summed E-state index contributed by atoms with van der Waals surface area (Å²) in [5.41, 5.74) is 3.63. The van der Waals surface area contributed by atoms with Crippen molar-refractivity contribution in [1.82, 2.24) is 4.98 Å². The van der Waals surface area contributed by atoms with E-state index in [2.05, 4.69) is 20.9 Å². The smallest absolute Gasteiger partial charge is 0.294 e. The van der Waals surface area contributed by atoms with E-state index in [1.165, 1.54) is 4.90 Å². The lowest BCUT2D eigenvalue weighted by molar-refractivity contribution is -0.117. The molecule has 5 rings (SSSR count). The number of aliphatic hydroxyl groups excluding tert-OH is 1. The summed E-state index contributed by atoms with van der Waals surface area (Å²) in [5, 5.41) is 11.6. The summed E-state index contributed by atoms with van der Waals surface area (Å²) in [7, 11) is 0. The number of benzene rings is 2. The van der Waals surface area contributed by atoms with Crippen molar-refractivity contribution in [3.05, 3.63) is 105 Å². The van der Waals surface area contributed by atoms with Gasteiger partial charge < -0.3 is 9.52 Å². The Morgan fingerprint density at radius 3 is 2.55 bits per heavy atom. The maximum Gasteiger partial charge on any atom is 0.294 e. The van der Waals surface area contributed by atoms with Crippen LogP contribution in [0.4, 0.5) is 5.69 Å². The molecule has 1 amide bonds. The standard InChI is InChI=1S/C26H19BrN2O4/c1-14-8-15(2)10-19(9-14)29-23(16-4-3-7-28-13-16)22(25(31)26(29)32)24(30)21-12-17-11-18(27)5-6-20(17)33-21/h3-13,23,31H,1-2H3. The fraction of sp³-hybridized carbons (Fsp3) is 0.115. The molecule has 4 aromatic rings. The first kappa shape index (κ1) is 21.2. The minimum absolute atomic E-state index is 0.0368. The summed E-state index contributed by atoms with van der Waals surface area (Å²) in [6, 6.07) is 15.4. The van der Waals surface area contributed by atoms with Crippen LogP contribution in [0.3, 0.4) is 0 Å². The van der Waals surface area contributed by atoms with Crippen molar-refractivity contribution in [1.29, 1.82) is 0 Å². The third-order valence-electron chi connectivity index (χ3n) is 5.64. The average molecular weight is 503 g/mol. The largest absolute Gasteiger partial charge is 0.503 e. The molecule has 6 nitrogen and oxygen atoms in total. The van der Waals surface area contributed by atoms with E-state index >= 15 is 0 Å². The van der Waals surface area contributed by atoms with E-state index < -0.39 is 23.5 Å². The first-order chi connectivity index (χ1) is 15.8. The van der Waals surface area contributed by atoms with Crippen LogP contribution in [0.15, 0.2) is 87.2 Å². The van der Waals surface area contributed by atoms with Crippen LogP contribution in [-0.2, 0) is 4.79 Å². The Labute approximate surface area is 198 Å². The normalized spacial score (nSPS) is 16.2. The lowest BCUT2D eigenvalue weighted by atomic mass is 9.95. The molecule has 0 saturated carbocycles. The number of aryl methyl sites for hydroxylation is 2. The van der Waals surface area contributed by atoms with Gasteiger partial charge in [0.2, 0.25) is 5.78 Å². The molecule has 0 saturated heterocycles. The van der Waals surface area contributed by atoms with Gasteiger partial charge in [-0.15, -0.1) is 0 Å². The fourth-order valence-corrected chi connectivity index (χ4v) is 4.68. The zero-order valence-electron chi connectivity index (χ0n) is 17.9. The highest BCUT2D eigenvalue weighted by Crippen LogP contribution is 2.42. The third kappa shape index (κ3) is 3.64. The topological polar surface area (TPSA) is 83.6 Å². The number of halogens is 1. The number of anilines is 1. The quantitative estimate of drug-likeness (QED) is 0.346. The van der Waals surface area contributed by atoms with Crippen molar-refractivity contribution in [2.24, 2.45) is 0 Å². The molecule has 2 aromatic heterocycles. The van der Waals surface area contributed by atoms with Gasteiger partial charge in [0.15, 0.2) is 11.5 Å². The molecule has 1 aliphatic heterocycles. The number of pyridine rings is 1. The zero-order chi connectivity index (χ0) is 23.3. The fourth-order valence-electron chi connectivity index (χ4n) is 4.31. The van der Waals surface area contributed by atoms with Crippen LogP contribution >= 0.6 is 15.9 Å². The molecule has 0 aliphatic carbocycles. The van der Waals surface area contributed by atoms with Gasteiger partial charge in [0.25, 0.3) is 5.91 Å². The summed E-state index contributed by atoms with van der Waals surface area (Å²) in [4.78, 5) is 32.5. The second-order valence-electron chi connectivity index (χ2n) is 8.09. The number of furan rings is 1. The minimum Gasteiger partial charge on any atom is -0.503 e. The Hall–Kier alpha value is -3.71. The number of carbonyl (C=O) groups excluding carboxylic acids is 2. The van der Waals surface area contributed by atoms with Crippen molar-refractivity contribution in [2.75, 3.05) is 4.90 Å². The van der Waals surface area contributed by atoms with Gasteiger partial charge in [-0.3, -0.25) is 19.5 Å². The molecule has 164 valence electrons. The Balaban J connectivity index is 1.67. The van der Waals surface area contributed by atoms with Crippen molar-refractivity contribution >= 4 is 44.3 Å². The zero-order valence-corrected chi connectivity index (χ0v) is 19.5. The lowest BCUT2D eigenvalue weighted by Gasteiger charge is -2.27. The number of carbonyl (C=O) groups is 2. The van der Waals surface area contributed by atoms with Gasteiger partial charge in [-0.2, -0.15) is 0 Å². The second-order valence-corrected chi connectivity index (χ2v) is 9.01. The van der Waals surface area contributed by atoms with E-state index in [1.54, 1.807) is 36.7 Å². The Kier molecular flexibility index (Phi) is 5.13.